The number of hydrogen-bond donors (Lipinski definition) is 3. The van der Waals surface area contributed by atoms with E-state index in [0.717, 1.165) is 11.1 Å². The lowest BCUT2D eigenvalue weighted by atomic mass is 9.78. The molecular weight excluding hydrogens is 702 g/mol. The van der Waals surface area contributed by atoms with E-state index in [9.17, 15) is 29.1 Å². The lowest BCUT2D eigenvalue weighted by molar-refractivity contribution is -0.155. The largest absolute Gasteiger partial charge is 0.491 e. The predicted octanol–water partition coefficient (Wildman–Crippen LogP) is 5.61. The zero-order valence-corrected chi connectivity index (χ0v) is 32.1. The SMILES string of the molecule is C=C(C)C(=O)O.C=C(C)C(=O)OCC(O)COc1ccc(C(C)(C)c2ccc(OCC(COC(=O)C(=C)C)OC(=O)C(=C)C)cc2)cc1.CCOC(N)=O. The molecule has 0 aromatic heterocycles. The molecule has 2 rings (SSSR count). The molecule has 14 heteroatoms. The second-order valence-corrected chi connectivity index (χ2v) is 12.4. The minimum Gasteiger partial charge on any atom is -0.491 e. The van der Waals surface area contributed by atoms with Crippen LogP contribution in [0.4, 0.5) is 4.79 Å². The number of carbonyl (C=O) groups excluding carboxylic acids is 4. The van der Waals surface area contributed by atoms with Crippen LogP contribution in [0.5, 0.6) is 11.5 Å². The summed E-state index contributed by atoms with van der Waals surface area (Å²) < 4.78 is 31.1. The Bertz CT molecular complexity index is 1600. The average Bonchev–Trinajstić information content (AvgIpc) is 3.11. The molecule has 0 fully saturated rings. The van der Waals surface area contributed by atoms with E-state index >= 15 is 0 Å². The average molecular weight is 756 g/mol. The van der Waals surface area contributed by atoms with Crippen molar-refractivity contribution in [2.45, 2.75) is 66.1 Å². The number of primary amides is 1. The van der Waals surface area contributed by atoms with Crippen molar-refractivity contribution in [2.24, 2.45) is 5.73 Å². The lowest BCUT2D eigenvalue weighted by Crippen LogP contribution is -2.31. The van der Waals surface area contributed by atoms with Gasteiger partial charge in [0, 0.05) is 27.7 Å². The molecule has 0 aliphatic carbocycles. The van der Waals surface area contributed by atoms with E-state index in [2.05, 4.69) is 50.6 Å². The molecule has 2 unspecified atom stereocenters. The van der Waals surface area contributed by atoms with Gasteiger partial charge in [-0.15, -0.1) is 0 Å². The monoisotopic (exact) mass is 755 g/mol. The van der Waals surface area contributed by atoms with Gasteiger partial charge in [-0.05, 0) is 70.0 Å². The molecule has 54 heavy (non-hydrogen) atoms. The number of carbonyl (C=O) groups is 5. The summed E-state index contributed by atoms with van der Waals surface area (Å²) in [6, 6.07) is 15.0. The van der Waals surface area contributed by atoms with Gasteiger partial charge >= 0.3 is 30.0 Å². The Morgan fingerprint density at radius 2 is 1.04 bits per heavy atom. The van der Waals surface area contributed by atoms with Crippen molar-refractivity contribution in [3.8, 4) is 11.5 Å². The summed E-state index contributed by atoms with van der Waals surface area (Å²) in [5.41, 5.74) is 7.14. The number of ether oxygens (including phenoxy) is 6. The molecule has 2 aromatic carbocycles. The number of aliphatic hydroxyl groups excluding tert-OH is 1. The number of hydrogen-bond acceptors (Lipinski definition) is 12. The van der Waals surface area contributed by atoms with Crippen LogP contribution in [-0.2, 0) is 43.5 Å². The van der Waals surface area contributed by atoms with Crippen LogP contribution >= 0.6 is 0 Å². The van der Waals surface area contributed by atoms with Gasteiger partial charge in [-0.25, -0.2) is 24.0 Å². The molecule has 2 atom stereocenters. The molecule has 0 aliphatic rings. The van der Waals surface area contributed by atoms with Crippen molar-refractivity contribution in [2.75, 3.05) is 33.0 Å². The van der Waals surface area contributed by atoms with Gasteiger partial charge < -0.3 is 44.4 Å². The van der Waals surface area contributed by atoms with Crippen LogP contribution in [0.1, 0.15) is 59.6 Å². The molecular formula is C40H53NO13. The molecule has 296 valence electrons. The molecule has 0 spiro atoms. The summed E-state index contributed by atoms with van der Waals surface area (Å²) >= 11 is 0. The van der Waals surface area contributed by atoms with Gasteiger partial charge in [0.2, 0.25) is 0 Å². The zero-order valence-electron chi connectivity index (χ0n) is 32.1. The number of rotatable bonds is 18. The molecule has 0 bridgehead atoms. The predicted molar refractivity (Wildman–Crippen MR) is 202 cm³/mol. The van der Waals surface area contributed by atoms with E-state index in [0.29, 0.717) is 18.1 Å². The third-order valence-corrected chi connectivity index (χ3v) is 6.81. The van der Waals surface area contributed by atoms with E-state index in [4.69, 9.17) is 28.8 Å². The molecule has 2 aromatic rings. The van der Waals surface area contributed by atoms with Crippen LogP contribution in [0.15, 0.2) is 97.1 Å². The third kappa shape index (κ3) is 19.6. The maximum Gasteiger partial charge on any atom is 0.404 e. The van der Waals surface area contributed by atoms with E-state index in [1.54, 1.807) is 6.92 Å². The third-order valence-electron chi connectivity index (χ3n) is 6.81. The van der Waals surface area contributed by atoms with Gasteiger partial charge in [0.25, 0.3) is 0 Å². The number of carboxylic acid groups (broad SMARTS) is 1. The van der Waals surface area contributed by atoms with Crippen LogP contribution in [0.3, 0.4) is 0 Å². The van der Waals surface area contributed by atoms with Gasteiger partial charge in [0.15, 0.2) is 6.10 Å². The maximum atomic E-state index is 12.0. The summed E-state index contributed by atoms with van der Waals surface area (Å²) in [5, 5.41) is 17.9. The van der Waals surface area contributed by atoms with Crippen LogP contribution in [0, 0.1) is 0 Å². The zero-order chi connectivity index (χ0) is 41.6. The molecule has 14 nitrogen and oxygen atoms in total. The number of esters is 3. The molecule has 0 saturated heterocycles. The van der Waals surface area contributed by atoms with E-state index < -0.39 is 42.2 Å². The Balaban J connectivity index is 0.00000201. The molecule has 1 amide bonds. The van der Waals surface area contributed by atoms with Crippen molar-refractivity contribution in [1.29, 1.82) is 0 Å². The molecule has 0 aliphatic heterocycles. The Morgan fingerprint density at radius 3 is 1.37 bits per heavy atom. The molecule has 4 N–H and O–H groups in total. The minimum absolute atomic E-state index is 0.0300. The van der Waals surface area contributed by atoms with Gasteiger partial charge in [-0.2, -0.15) is 0 Å². The smallest absolute Gasteiger partial charge is 0.404 e. The lowest BCUT2D eigenvalue weighted by Gasteiger charge is -2.27. The Kier molecular flexibility index (Phi) is 21.7. The van der Waals surface area contributed by atoms with Crippen molar-refractivity contribution in [3.63, 3.8) is 0 Å². The first-order valence-electron chi connectivity index (χ1n) is 16.6. The van der Waals surface area contributed by atoms with Crippen molar-refractivity contribution < 1.29 is 62.6 Å². The van der Waals surface area contributed by atoms with Gasteiger partial charge in [0.05, 0.1) is 6.61 Å². The first-order chi connectivity index (χ1) is 25.1. The second-order valence-electron chi connectivity index (χ2n) is 12.4. The normalized spacial score (nSPS) is 11.3. The van der Waals surface area contributed by atoms with Crippen LogP contribution in [-0.4, -0.2) is 85.4 Å². The van der Waals surface area contributed by atoms with Crippen molar-refractivity contribution in [3.05, 3.63) is 108 Å². The summed E-state index contributed by atoms with van der Waals surface area (Å²) in [5.74, 6) is -1.57. The fraction of sp³-hybridized carbons (Fsp3) is 0.375. The highest BCUT2D eigenvalue weighted by atomic mass is 16.6. The second kappa shape index (κ2) is 24.4. The highest BCUT2D eigenvalue weighted by Gasteiger charge is 2.24. The Labute approximate surface area is 316 Å². The number of aliphatic hydroxyl groups is 1. The molecule has 0 heterocycles. The summed E-state index contributed by atoms with van der Waals surface area (Å²) in [7, 11) is 0. The van der Waals surface area contributed by atoms with Crippen LogP contribution in [0.2, 0.25) is 0 Å². The number of carboxylic acids is 1. The fourth-order valence-electron chi connectivity index (χ4n) is 3.63. The number of amides is 1. The number of aliphatic carboxylic acids is 1. The summed E-state index contributed by atoms with van der Waals surface area (Å²) in [4.78, 5) is 54.4. The van der Waals surface area contributed by atoms with Crippen LogP contribution in [0.25, 0.3) is 0 Å². The molecule has 0 saturated carbocycles. The first kappa shape index (κ1) is 48.1. The highest BCUT2D eigenvalue weighted by molar-refractivity contribution is 5.88. The van der Waals surface area contributed by atoms with E-state index in [1.165, 1.54) is 27.7 Å². The van der Waals surface area contributed by atoms with Gasteiger partial charge in [0.1, 0.15) is 44.0 Å². The van der Waals surface area contributed by atoms with E-state index in [-0.39, 0.29) is 54.1 Å². The van der Waals surface area contributed by atoms with Gasteiger partial charge in [-0.3, -0.25) is 0 Å². The summed E-state index contributed by atoms with van der Waals surface area (Å²) in [6.07, 6.45) is -2.51. The molecule has 0 radical (unpaired) electrons. The first-order valence-corrected chi connectivity index (χ1v) is 16.6. The van der Waals surface area contributed by atoms with Crippen LogP contribution < -0.4 is 15.2 Å². The van der Waals surface area contributed by atoms with Gasteiger partial charge in [-0.1, -0.05) is 64.4 Å². The number of benzene rings is 2. The maximum absolute atomic E-state index is 12.0. The van der Waals surface area contributed by atoms with Crippen molar-refractivity contribution in [1.82, 2.24) is 0 Å². The topological polar surface area (TPSA) is 207 Å². The minimum atomic E-state index is -0.968. The summed E-state index contributed by atoms with van der Waals surface area (Å²) in [6.45, 7) is 25.6. The fourth-order valence-corrected chi connectivity index (χ4v) is 3.63. The Morgan fingerprint density at radius 1 is 0.648 bits per heavy atom. The van der Waals surface area contributed by atoms with Crippen molar-refractivity contribution >= 4 is 30.0 Å². The standard InChI is InChI=1S/C33H40O9.C4H6O2.C3H7NO2/c1-21(2)30(35)40-18-26(34)17-38-27-13-9-24(10-14-27)33(7,8)25-11-15-28(16-12-25)39-19-29(42-32(37)23(5)6)20-41-31(36)22(3)4;1-3(2)4(5)6;1-2-6-3(4)5/h9-16,26,29,34H,1,3,5,17-20H2,2,4,6-8H3;1H2,2H3,(H,5,6);2H2,1H3,(H2,4,5). The highest BCUT2D eigenvalue weighted by Crippen LogP contribution is 2.33. The van der Waals surface area contributed by atoms with E-state index in [1.807, 2.05) is 48.5 Å². The quantitative estimate of drug-likeness (QED) is 0.0963. The number of nitrogens with two attached hydrogens (primary N) is 1. The Hall–Kier alpha value is -5.89.